The number of hydrogen-bond donors (Lipinski definition) is 1. The summed E-state index contributed by atoms with van der Waals surface area (Å²) in [7, 11) is 0. The van der Waals surface area contributed by atoms with Crippen LogP contribution in [0.4, 0.5) is 10.1 Å². The van der Waals surface area contributed by atoms with Gasteiger partial charge in [0.05, 0.1) is 27.3 Å². The average Bonchev–Trinajstić information content (AvgIpc) is 2.95. The Balaban J connectivity index is 1.93. The van der Waals surface area contributed by atoms with Crippen LogP contribution >= 0.6 is 11.3 Å². The van der Waals surface area contributed by atoms with Crippen molar-refractivity contribution in [1.29, 1.82) is 0 Å². The summed E-state index contributed by atoms with van der Waals surface area (Å²) < 4.78 is 12.9. The lowest BCUT2D eigenvalue weighted by Gasteiger charge is -2.08. The fraction of sp³-hybridized carbons (Fsp3) is 0.0625. The molecule has 2 heterocycles. The van der Waals surface area contributed by atoms with E-state index in [0.29, 0.717) is 16.9 Å². The van der Waals surface area contributed by atoms with Crippen molar-refractivity contribution in [2.75, 3.05) is 5.32 Å². The molecule has 0 bridgehead atoms. The van der Waals surface area contributed by atoms with Crippen LogP contribution in [-0.4, -0.2) is 15.9 Å². The molecule has 22 heavy (non-hydrogen) atoms. The Labute approximate surface area is 130 Å². The number of nitrogens with zero attached hydrogens (tertiary/aromatic N) is 2. The van der Waals surface area contributed by atoms with Crippen LogP contribution in [0.1, 0.15) is 16.1 Å². The standard InChI is InChI=1S/C16H12FN3OS/c1-10-15(22-9-19-10)14-13(3-2-8-18-14)16(21)20-12-6-4-11(17)5-7-12/h2-9H,1H3,(H,20,21). The Morgan fingerprint density at radius 2 is 1.95 bits per heavy atom. The molecule has 1 aromatic carbocycles. The summed E-state index contributed by atoms with van der Waals surface area (Å²) in [5.41, 5.74) is 4.14. The Hall–Kier alpha value is -2.60. The molecule has 0 aliphatic rings. The molecule has 1 amide bonds. The molecular weight excluding hydrogens is 301 g/mol. The first-order valence-corrected chi connectivity index (χ1v) is 7.45. The molecule has 2 aromatic heterocycles. The zero-order chi connectivity index (χ0) is 15.5. The lowest BCUT2D eigenvalue weighted by atomic mass is 10.1. The van der Waals surface area contributed by atoms with E-state index in [9.17, 15) is 9.18 Å². The van der Waals surface area contributed by atoms with Gasteiger partial charge in [-0.1, -0.05) is 0 Å². The summed E-state index contributed by atoms with van der Waals surface area (Å²) in [6.07, 6.45) is 1.64. The minimum atomic E-state index is -0.347. The van der Waals surface area contributed by atoms with Gasteiger partial charge in [0.25, 0.3) is 5.91 Å². The third-order valence-electron chi connectivity index (χ3n) is 3.12. The molecule has 0 saturated heterocycles. The van der Waals surface area contributed by atoms with Crippen molar-refractivity contribution in [2.24, 2.45) is 0 Å². The van der Waals surface area contributed by atoms with E-state index in [1.807, 2.05) is 6.92 Å². The van der Waals surface area contributed by atoms with Crippen LogP contribution in [0.3, 0.4) is 0 Å². The second kappa shape index (κ2) is 6.03. The van der Waals surface area contributed by atoms with Gasteiger partial charge in [-0.25, -0.2) is 9.37 Å². The Morgan fingerprint density at radius 3 is 2.64 bits per heavy atom. The number of carbonyl (C=O) groups excluding carboxylic acids is 1. The van der Waals surface area contributed by atoms with E-state index in [-0.39, 0.29) is 11.7 Å². The third-order valence-corrected chi connectivity index (χ3v) is 4.05. The highest BCUT2D eigenvalue weighted by molar-refractivity contribution is 7.13. The Kier molecular flexibility index (Phi) is 3.93. The number of carbonyl (C=O) groups is 1. The van der Waals surface area contributed by atoms with Crippen LogP contribution in [0.25, 0.3) is 10.6 Å². The van der Waals surface area contributed by atoms with Crippen molar-refractivity contribution in [3.05, 3.63) is 65.2 Å². The molecule has 0 spiro atoms. The number of thiazole rings is 1. The van der Waals surface area contributed by atoms with Crippen molar-refractivity contribution < 1.29 is 9.18 Å². The maximum atomic E-state index is 12.9. The number of amides is 1. The van der Waals surface area contributed by atoms with E-state index >= 15 is 0 Å². The average molecular weight is 313 g/mol. The van der Waals surface area contributed by atoms with Gasteiger partial charge in [-0.05, 0) is 43.3 Å². The van der Waals surface area contributed by atoms with E-state index in [1.54, 1.807) is 23.8 Å². The van der Waals surface area contributed by atoms with Gasteiger partial charge in [0.1, 0.15) is 5.82 Å². The number of halogens is 1. The topological polar surface area (TPSA) is 54.9 Å². The van der Waals surface area contributed by atoms with Crippen LogP contribution in [0, 0.1) is 12.7 Å². The molecule has 3 aromatic rings. The van der Waals surface area contributed by atoms with Gasteiger partial charge in [-0.2, -0.15) is 0 Å². The number of nitrogens with one attached hydrogen (secondary N) is 1. The maximum Gasteiger partial charge on any atom is 0.257 e. The summed E-state index contributed by atoms with van der Waals surface area (Å²) in [5, 5.41) is 2.75. The summed E-state index contributed by atoms with van der Waals surface area (Å²) in [5.74, 6) is -0.636. The fourth-order valence-corrected chi connectivity index (χ4v) is 2.84. The first-order valence-electron chi connectivity index (χ1n) is 6.57. The zero-order valence-corrected chi connectivity index (χ0v) is 12.5. The van der Waals surface area contributed by atoms with Gasteiger partial charge in [-0.3, -0.25) is 9.78 Å². The molecule has 0 aliphatic carbocycles. The van der Waals surface area contributed by atoms with Crippen LogP contribution in [0.2, 0.25) is 0 Å². The highest BCUT2D eigenvalue weighted by Gasteiger charge is 2.17. The number of hydrogen-bond acceptors (Lipinski definition) is 4. The van der Waals surface area contributed by atoms with Crippen LogP contribution in [0.15, 0.2) is 48.1 Å². The quantitative estimate of drug-likeness (QED) is 0.797. The molecule has 0 fully saturated rings. The SMILES string of the molecule is Cc1ncsc1-c1ncccc1C(=O)Nc1ccc(F)cc1. The smallest absolute Gasteiger partial charge is 0.257 e. The summed E-state index contributed by atoms with van der Waals surface area (Å²) in [6, 6.07) is 9.04. The van der Waals surface area contributed by atoms with Crippen LogP contribution in [0.5, 0.6) is 0 Å². The largest absolute Gasteiger partial charge is 0.322 e. The Bertz CT molecular complexity index is 814. The van der Waals surface area contributed by atoms with Crippen molar-refractivity contribution in [1.82, 2.24) is 9.97 Å². The molecule has 0 aliphatic heterocycles. The van der Waals surface area contributed by atoms with Crippen molar-refractivity contribution in [3.63, 3.8) is 0 Å². The van der Waals surface area contributed by atoms with Crippen molar-refractivity contribution in [2.45, 2.75) is 6.92 Å². The monoisotopic (exact) mass is 313 g/mol. The van der Waals surface area contributed by atoms with Gasteiger partial charge in [0, 0.05) is 11.9 Å². The molecule has 1 N–H and O–H groups in total. The Morgan fingerprint density at radius 1 is 1.18 bits per heavy atom. The molecule has 110 valence electrons. The molecule has 0 saturated carbocycles. The second-order valence-electron chi connectivity index (χ2n) is 4.63. The van der Waals surface area contributed by atoms with Crippen LogP contribution in [-0.2, 0) is 0 Å². The minimum absolute atomic E-state index is 0.289. The molecule has 0 radical (unpaired) electrons. The van der Waals surface area contributed by atoms with E-state index in [1.165, 1.54) is 35.6 Å². The number of aromatic nitrogens is 2. The van der Waals surface area contributed by atoms with Crippen molar-refractivity contribution in [3.8, 4) is 10.6 Å². The van der Waals surface area contributed by atoms with Gasteiger partial charge >= 0.3 is 0 Å². The van der Waals surface area contributed by atoms with Gasteiger partial charge in [-0.15, -0.1) is 11.3 Å². The van der Waals surface area contributed by atoms with E-state index in [0.717, 1.165) is 10.6 Å². The summed E-state index contributed by atoms with van der Waals surface area (Å²) in [6.45, 7) is 1.88. The highest BCUT2D eigenvalue weighted by atomic mass is 32.1. The second-order valence-corrected chi connectivity index (χ2v) is 5.48. The number of aryl methyl sites for hydroxylation is 1. The molecule has 4 nitrogen and oxygen atoms in total. The fourth-order valence-electron chi connectivity index (χ4n) is 2.03. The molecule has 0 atom stereocenters. The first kappa shape index (κ1) is 14.3. The highest BCUT2D eigenvalue weighted by Crippen LogP contribution is 2.28. The van der Waals surface area contributed by atoms with Gasteiger partial charge < -0.3 is 5.32 Å². The maximum absolute atomic E-state index is 12.9. The van der Waals surface area contributed by atoms with Gasteiger partial charge in [0.2, 0.25) is 0 Å². The zero-order valence-electron chi connectivity index (χ0n) is 11.7. The van der Waals surface area contributed by atoms with E-state index in [4.69, 9.17) is 0 Å². The predicted octanol–water partition coefficient (Wildman–Crippen LogP) is 3.90. The minimum Gasteiger partial charge on any atom is -0.322 e. The molecule has 6 heteroatoms. The number of anilines is 1. The predicted molar refractivity (Wildman–Crippen MR) is 84.4 cm³/mol. The number of pyridine rings is 1. The molecular formula is C16H12FN3OS. The van der Waals surface area contributed by atoms with E-state index < -0.39 is 0 Å². The summed E-state index contributed by atoms with van der Waals surface area (Å²) >= 11 is 1.44. The number of benzene rings is 1. The van der Waals surface area contributed by atoms with Crippen LogP contribution < -0.4 is 5.32 Å². The van der Waals surface area contributed by atoms with E-state index in [2.05, 4.69) is 15.3 Å². The molecule has 0 unspecified atom stereocenters. The lowest BCUT2D eigenvalue weighted by molar-refractivity contribution is 0.102. The molecule has 3 rings (SSSR count). The summed E-state index contributed by atoms with van der Waals surface area (Å²) in [4.78, 5) is 21.8. The van der Waals surface area contributed by atoms with Gasteiger partial charge in [0.15, 0.2) is 0 Å². The number of rotatable bonds is 3. The lowest BCUT2D eigenvalue weighted by Crippen LogP contribution is -2.13. The first-order chi connectivity index (χ1) is 10.6. The van der Waals surface area contributed by atoms with Crippen molar-refractivity contribution >= 4 is 22.9 Å². The normalized spacial score (nSPS) is 10.5. The third kappa shape index (κ3) is 2.87.